The van der Waals surface area contributed by atoms with Gasteiger partial charge >= 0.3 is 0 Å². The molecule has 0 bridgehead atoms. The topological polar surface area (TPSA) is 39.7 Å². The molecule has 6 heteroatoms. The van der Waals surface area contributed by atoms with Crippen LogP contribution in [0.25, 0.3) is 0 Å². The Bertz CT molecular complexity index is 733. The van der Waals surface area contributed by atoms with Gasteiger partial charge in [-0.2, -0.15) is 0 Å². The minimum Gasteiger partial charge on any atom is -0.493 e. The van der Waals surface area contributed by atoms with Crippen LogP contribution in [0.1, 0.15) is 24.0 Å². The quantitative estimate of drug-likeness (QED) is 0.693. The summed E-state index contributed by atoms with van der Waals surface area (Å²) >= 11 is 12.2. The van der Waals surface area contributed by atoms with Crippen LogP contribution in [0, 0.1) is 0 Å². The fourth-order valence-corrected chi connectivity index (χ4v) is 3.45. The van der Waals surface area contributed by atoms with Crippen LogP contribution >= 0.6 is 23.2 Å². The molecule has 0 aliphatic carbocycles. The largest absolute Gasteiger partial charge is 0.493 e. The van der Waals surface area contributed by atoms with Gasteiger partial charge in [-0.15, -0.1) is 0 Å². The number of ether oxygens (including phenoxy) is 3. The van der Waals surface area contributed by atoms with Crippen LogP contribution in [0.15, 0.2) is 36.4 Å². The Hall–Kier alpha value is -1.46. The van der Waals surface area contributed by atoms with E-state index in [1.165, 1.54) is 0 Å². The predicted molar refractivity (Wildman–Crippen MR) is 104 cm³/mol. The van der Waals surface area contributed by atoms with Gasteiger partial charge in [0.2, 0.25) is 0 Å². The third-order valence-corrected chi connectivity index (χ3v) is 4.97. The number of halogens is 2. The zero-order chi connectivity index (χ0) is 18.4. The van der Waals surface area contributed by atoms with Crippen molar-refractivity contribution in [3.8, 4) is 11.5 Å². The number of hydrogen-bond donors (Lipinski definition) is 1. The number of para-hydroxylation sites is 1. The van der Waals surface area contributed by atoms with Gasteiger partial charge in [0.05, 0.1) is 13.2 Å². The maximum atomic E-state index is 6.24. The molecule has 0 unspecified atom stereocenters. The van der Waals surface area contributed by atoms with E-state index in [9.17, 15) is 0 Å². The van der Waals surface area contributed by atoms with E-state index in [1.54, 1.807) is 19.2 Å². The van der Waals surface area contributed by atoms with Crippen LogP contribution < -0.4 is 14.8 Å². The highest BCUT2D eigenvalue weighted by molar-refractivity contribution is 6.35. The molecule has 0 aromatic heterocycles. The molecule has 3 rings (SSSR count). The fourth-order valence-electron chi connectivity index (χ4n) is 2.99. The standard InChI is InChI=1S/C20H23Cl2NO3/c1-24-19-6-2-4-14(11-23-12-17-5-3-9-25-17)20(19)26-13-15-7-8-16(21)10-18(15)22/h2,4,6-8,10,17,23H,3,5,9,11-13H2,1H3/t17-/m0/s1. The van der Waals surface area contributed by atoms with Crippen LogP contribution in [0.2, 0.25) is 10.0 Å². The number of methoxy groups -OCH3 is 1. The number of nitrogens with one attached hydrogen (secondary N) is 1. The molecule has 0 radical (unpaired) electrons. The molecule has 2 aromatic rings. The first-order valence-electron chi connectivity index (χ1n) is 8.72. The molecule has 0 spiro atoms. The summed E-state index contributed by atoms with van der Waals surface area (Å²) in [4.78, 5) is 0. The molecule has 1 N–H and O–H groups in total. The molecule has 4 nitrogen and oxygen atoms in total. The normalized spacial score (nSPS) is 16.7. The zero-order valence-electron chi connectivity index (χ0n) is 14.8. The van der Waals surface area contributed by atoms with Crippen molar-refractivity contribution in [1.29, 1.82) is 0 Å². The fraction of sp³-hybridized carbons (Fsp3) is 0.400. The van der Waals surface area contributed by atoms with Gasteiger partial charge in [0.1, 0.15) is 6.61 Å². The van der Waals surface area contributed by atoms with Crippen molar-refractivity contribution in [2.75, 3.05) is 20.3 Å². The predicted octanol–water partition coefficient (Wildman–Crippen LogP) is 4.85. The highest BCUT2D eigenvalue weighted by atomic mass is 35.5. The van der Waals surface area contributed by atoms with E-state index in [2.05, 4.69) is 5.32 Å². The Morgan fingerprint density at radius 3 is 2.81 bits per heavy atom. The van der Waals surface area contributed by atoms with Gasteiger partial charge in [0.15, 0.2) is 11.5 Å². The third kappa shape index (κ3) is 5.04. The summed E-state index contributed by atoms with van der Waals surface area (Å²) in [6.07, 6.45) is 2.56. The molecule has 1 saturated heterocycles. The average molecular weight is 396 g/mol. The Morgan fingerprint density at radius 1 is 1.19 bits per heavy atom. The van der Waals surface area contributed by atoms with Crippen LogP contribution in [-0.4, -0.2) is 26.4 Å². The van der Waals surface area contributed by atoms with Crippen molar-refractivity contribution in [3.05, 3.63) is 57.6 Å². The van der Waals surface area contributed by atoms with E-state index in [4.69, 9.17) is 37.4 Å². The van der Waals surface area contributed by atoms with Crippen molar-refractivity contribution in [2.24, 2.45) is 0 Å². The summed E-state index contributed by atoms with van der Waals surface area (Å²) in [5.74, 6) is 1.42. The van der Waals surface area contributed by atoms with Gasteiger partial charge in [-0.1, -0.05) is 41.4 Å². The summed E-state index contributed by atoms with van der Waals surface area (Å²) < 4.78 is 17.2. The molecule has 0 amide bonds. The van der Waals surface area contributed by atoms with E-state index in [1.807, 2.05) is 24.3 Å². The van der Waals surface area contributed by atoms with Crippen molar-refractivity contribution in [2.45, 2.75) is 32.1 Å². The maximum absolute atomic E-state index is 6.24. The maximum Gasteiger partial charge on any atom is 0.166 e. The van der Waals surface area contributed by atoms with E-state index in [0.29, 0.717) is 35.1 Å². The molecule has 1 aliphatic rings. The molecule has 26 heavy (non-hydrogen) atoms. The smallest absolute Gasteiger partial charge is 0.166 e. The lowest BCUT2D eigenvalue weighted by Crippen LogP contribution is -2.26. The molecule has 2 aromatic carbocycles. The van der Waals surface area contributed by atoms with Gasteiger partial charge in [-0.25, -0.2) is 0 Å². The lowest BCUT2D eigenvalue weighted by molar-refractivity contribution is 0.110. The second-order valence-corrected chi connectivity index (χ2v) is 7.08. The second kappa shape index (κ2) is 9.47. The first kappa shape index (κ1) is 19.3. The third-order valence-electron chi connectivity index (χ3n) is 4.38. The summed E-state index contributed by atoms with van der Waals surface area (Å²) in [7, 11) is 1.64. The van der Waals surface area contributed by atoms with Gasteiger partial charge in [-0.3, -0.25) is 0 Å². The first-order valence-corrected chi connectivity index (χ1v) is 9.48. The first-order chi connectivity index (χ1) is 12.7. The molecular formula is C20H23Cl2NO3. The summed E-state index contributed by atoms with van der Waals surface area (Å²) in [6, 6.07) is 11.3. The molecule has 1 heterocycles. The van der Waals surface area contributed by atoms with E-state index >= 15 is 0 Å². The Kier molecular flexibility index (Phi) is 7.03. The summed E-state index contributed by atoms with van der Waals surface area (Å²) in [5.41, 5.74) is 1.91. The highest BCUT2D eigenvalue weighted by Gasteiger charge is 2.16. The van der Waals surface area contributed by atoms with E-state index in [0.717, 1.165) is 42.9 Å². The second-order valence-electron chi connectivity index (χ2n) is 6.24. The van der Waals surface area contributed by atoms with Crippen molar-refractivity contribution < 1.29 is 14.2 Å². The molecular weight excluding hydrogens is 373 g/mol. The Morgan fingerprint density at radius 2 is 2.08 bits per heavy atom. The number of rotatable bonds is 8. The minimum absolute atomic E-state index is 0.304. The van der Waals surface area contributed by atoms with Crippen molar-refractivity contribution >= 4 is 23.2 Å². The van der Waals surface area contributed by atoms with Gasteiger partial charge < -0.3 is 19.5 Å². The van der Waals surface area contributed by atoms with Crippen LogP contribution in [0.4, 0.5) is 0 Å². The van der Waals surface area contributed by atoms with Crippen molar-refractivity contribution in [3.63, 3.8) is 0 Å². The van der Waals surface area contributed by atoms with E-state index < -0.39 is 0 Å². The van der Waals surface area contributed by atoms with Gasteiger partial charge in [-0.05, 0) is 31.0 Å². The van der Waals surface area contributed by atoms with Gasteiger partial charge in [0.25, 0.3) is 0 Å². The van der Waals surface area contributed by atoms with Gasteiger partial charge in [0, 0.05) is 40.9 Å². The Balaban J connectivity index is 1.67. The van der Waals surface area contributed by atoms with Crippen LogP contribution in [0.5, 0.6) is 11.5 Å². The monoisotopic (exact) mass is 395 g/mol. The number of hydrogen-bond acceptors (Lipinski definition) is 4. The van der Waals surface area contributed by atoms with Crippen LogP contribution in [0.3, 0.4) is 0 Å². The molecule has 0 saturated carbocycles. The lowest BCUT2D eigenvalue weighted by Gasteiger charge is -2.17. The lowest BCUT2D eigenvalue weighted by atomic mass is 10.1. The summed E-state index contributed by atoms with van der Waals surface area (Å²) in [6.45, 7) is 2.72. The average Bonchev–Trinajstić information content (AvgIpc) is 3.15. The minimum atomic E-state index is 0.304. The van der Waals surface area contributed by atoms with Crippen LogP contribution in [-0.2, 0) is 17.9 Å². The SMILES string of the molecule is COc1cccc(CNC[C@@H]2CCCO2)c1OCc1ccc(Cl)cc1Cl. The zero-order valence-corrected chi connectivity index (χ0v) is 16.3. The van der Waals surface area contributed by atoms with Crippen molar-refractivity contribution in [1.82, 2.24) is 5.32 Å². The van der Waals surface area contributed by atoms with E-state index in [-0.39, 0.29) is 0 Å². The Labute approximate surface area is 164 Å². The molecule has 1 fully saturated rings. The highest BCUT2D eigenvalue weighted by Crippen LogP contribution is 2.32. The number of benzene rings is 2. The molecule has 140 valence electrons. The molecule has 1 atom stereocenters. The molecule has 1 aliphatic heterocycles. The summed E-state index contributed by atoms with van der Waals surface area (Å²) in [5, 5.41) is 4.64.